The Balaban J connectivity index is 1.90. The molecule has 0 bridgehead atoms. The van der Waals surface area contributed by atoms with Crippen molar-refractivity contribution in [2.45, 2.75) is 26.9 Å². The number of hydrogen-bond donors (Lipinski definition) is 2. The van der Waals surface area contributed by atoms with E-state index in [1.165, 1.54) is 0 Å². The minimum atomic E-state index is 0.0619. The van der Waals surface area contributed by atoms with Gasteiger partial charge in [-0.2, -0.15) is 0 Å². The number of nitrogens with zero attached hydrogens (tertiary/aromatic N) is 2. The molecule has 0 saturated carbocycles. The van der Waals surface area contributed by atoms with Crippen LogP contribution in [0.5, 0.6) is 11.5 Å². The quantitative estimate of drug-likeness (QED) is 0.489. The van der Waals surface area contributed by atoms with Gasteiger partial charge in [-0.3, -0.25) is 9.79 Å². The first-order valence-corrected chi connectivity index (χ1v) is 10.1. The second-order valence-corrected chi connectivity index (χ2v) is 6.64. The predicted octanol–water partition coefficient (Wildman–Crippen LogP) is 3.05. The first kappa shape index (κ1) is 23.1. The highest BCUT2D eigenvalue weighted by atomic mass is 16.5. The summed E-state index contributed by atoms with van der Waals surface area (Å²) in [5.41, 5.74) is 2.83. The molecule has 0 aliphatic rings. The van der Waals surface area contributed by atoms with Gasteiger partial charge in [-0.1, -0.05) is 18.2 Å². The van der Waals surface area contributed by atoms with Gasteiger partial charge >= 0.3 is 0 Å². The molecule has 2 rings (SSSR count). The van der Waals surface area contributed by atoms with Crippen molar-refractivity contribution in [1.29, 1.82) is 0 Å². The molecule has 0 heterocycles. The highest BCUT2D eigenvalue weighted by Crippen LogP contribution is 2.27. The third kappa shape index (κ3) is 6.14. The Morgan fingerprint density at radius 1 is 0.900 bits per heavy atom. The third-order valence-corrected chi connectivity index (χ3v) is 4.84. The summed E-state index contributed by atoms with van der Waals surface area (Å²) in [5.74, 6) is 2.14. The van der Waals surface area contributed by atoms with Crippen molar-refractivity contribution in [2.75, 3.05) is 34.4 Å². The molecular formula is C23H32N4O3. The molecule has 0 atom stereocenters. The van der Waals surface area contributed by atoms with E-state index < -0.39 is 0 Å². The number of carbonyl (C=O) groups is 1. The lowest BCUT2D eigenvalue weighted by molar-refractivity contribution is 0.0773. The maximum atomic E-state index is 12.4. The van der Waals surface area contributed by atoms with Crippen molar-refractivity contribution in [3.05, 3.63) is 59.2 Å². The number of nitrogens with one attached hydrogen (secondary N) is 2. The molecule has 7 heteroatoms. The fourth-order valence-corrected chi connectivity index (χ4v) is 3.04. The van der Waals surface area contributed by atoms with Crippen LogP contribution in [0.1, 0.15) is 35.3 Å². The second kappa shape index (κ2) is 11.7. The summed E-state index contributed by atoms with van der Waals surface area (Å²) in [6.45, 7) is 6.59. The Bertz CT molecular complexity index is 846. The standard InChI is InChI=1S/C23H32N4O3/c1-6-27(7-2)22(28)19-11-8-17(9-12-19)15-25-23(24-3)26-16-18-10-13-20(29-4)21(14-18)30-5/h8-14H,6-7,15-16H2,1-5H3,(H2,24,25,26). The number of aliphatic imine (C=N–C) groups is 1. The van der Waals surface area contributed by atoms with Crippen LogP contribution in [0.4, 0.5) is 0 Å². The maximum Gasteiger partial charge on any atom is 0.253 e. The number of hydrogen-bond acceptors (Lipinski definition) is 4. The minimum Gasteiger partial charge on any atom is -0.493 e. The largest absolute Gasteiger partial charge is 0.493 e. The Morgan fingerprint density at radius 2 is 1.47 bits per heavy atom. The number of benzene rings is 2. The zero-order valence-corrected chi connectivity index (χ0v) is 18.5. The van der Waals surface area contributed by atoms with Crippen molar-refractivity contribution in [1.82, 2.24) is 15.5 Å². The summed E-state index contributed by atoms with van der Waals surface area (Å²) in [5, 5.41) is 6.57. The van der Waals surface area contributed by atoms with Gasteiger partial charge in [0.05, 0.1) is 14.2 Å². The SMILES string of the molecule is CCN(CC)C(=O)c1ccc(CNC(=NC)NCc2ccc(OC)c(OC)c2)cc1. The summed E-state index contributed by atoms with van der Waals surface area (Å²) < 4.78 is 10.6. The van der Waals surface area contributed by atoms with E-state index in [9.17, 15) is 4.79 Å². The van der Waals surface area contributed by atoms with Crippen molar-refractivity contribution in [3.63, 3.8) is 0 Å². The average molecular weight is 413 g/mol. The van der Waals surface area contributed by atoms with E-state index in [2.05, 4.69) is 15.6 Å². The van der Waals surface area contributed by atoms with Gasteiger partial charge in [-0.05, 0) is 49.2 Å². The average Bonchev–Trinajstić information content (AvgIpc) is 2.80. The van der Waals surface area contributed by atoms with Gasteiger partial charge in [0.25, 0.3) is 5.91 Å². The number of guanidine groups is 1. The smallest absolute Gasteiger partial charge is 0.253 e. The van der Waals surface area contributed by atoms with E-state index in [0.29, 0.717) is 49.2 Å². The van der Waals surface area contributed by atoms with Crippen LogP contribution in [-0.2, 0) is 13.1 Å². The van der Waals surface area contributed by atoms with Crippen molar-refractivity contribution < 1.29 is 14.3 Å². The Labute approximate surface area is 179 Å². The van der Waals surface area contributed by atoms with Gasteiger partial charge in [0, 0.05) is 38.8 Å². The van der Waals surface area contributed by atoms with Crippen LogP contribution in [-0.4, -0.2) is 51.1 Å². The lowest BCUT2D eigenvalue weighted by atomic mass is 10.1. The molecule has 2 aromatic carbocycles. The normalized spacial score (nSPS) is 11.0. The molecule has 162 valence electrons. The zero-order chi connectivity index (χ0) is 21.9. The molecule has 0 unspecified atom stereocenters. The van der Waals surface area contributed by atoms with E-state index in [0.717, 1.165) is 11.1 Å². The molecule has 0 aliphatic carbocycles. The van der Waals surface area contributed by atoms with Gasteiger partial charge in [-0.15, -0.1) is 0 Å². The third-order valence-electron chi connectivity index (χ3n) is 4.84. The van der Waals surface area contributed by atoms with Gasteiger partial charge in [0.1, 0.15) is 0 Å². The minimum absolute atomic E-state index is 0.0619. The Hall–Kier alpha value is -3.22. The predicted molar refractivity (Wildman–Crippen MR) is 120 cm³/mol. The number of ether oxygens (including phenoxy) is 2. The van der Waals surface area contributed by atoms with E-state index >= 15 is 0 Å². The molecule has 2 N–H and O–H groups in total. The molecule has 0 aromatic heterocycles. The summed E-state index contributed by atoms with van der Waals surface area (Å²) in [4.78, 5) is 18.5. The summed E-state index contributed by atoms with van der Waals surface area (Å²) in [6, 6.07) is 13.5. The summed E-state index contributed by atoms with van der Waals surface area (Å²) in [7, 11) is 4.97. The molecule has 0 aliphatic heterocycles. The fraction of sp³-hybridized carbons (Fsp3) is 0.391. The molecule has 0 fully saturated rings. The van der Waals surface area contributed by atoms with Gasteiger partial charge in [0.2, 0.25) is 0 Å². The van der Waals surface area contributed by atoms with Crippen molar-refractivity contribution in [2.24, 2.45) is 4.99 Å². The first-order chi connectivity index (χ1) is 14.6. The first-order valence-electron chi connectivity index (χ1n) is 10.1. The Kier molecular flexibility index (Phi) is 9.00. The van der Waals surface area contributed by atoms with Crippen LogP contribution in [0.15, 0.2) is 47.5 Å². The highest BCUT2D eigenvalue weighted by molar-refractivity contribution is 5.94. The van der Waals surface area contributed by atoms with Crippen molar-refractivity contribution >= 4 is 11.9 Å². The van der Waals surface area contributed by atoms with Crippen LogP contribution in [0.25, 0.3) is 0 Å². The van der Waals surface area contributed by atoms with E-state index in [4.69, 9.17) is 9.47 Å². The molecular weight excluding hydrogens is 380 g/mol. The zero-order valence-electron chi connectivity index (χ0n) is 18.5. The maximum absolute atomic E-state index is 12.4. The highest BCUT2D eigenvalue weighted by Gasteiger charge is 2.12. The number of rotatable bonds is 9. The van der Waals surface area contributed by atoms with Gasteiger partial charge < -0.3 is 25.0 Å². The van der Waals surface area contributed by atoms with E-state index in [-0.39, 0.29) is 5.91 Å². The van der Waals surface area contributed by atoms with Crippen LogP contribution >= 0.6 is 0 Å². The van der Waals surface area contributed by atoms with Crippen molar-refractivity contribution in [3.8, 4) is 11.5 Å². The summed E-state index contributed by atoms with van der Waals surface area (Å²) in [6.07, 6.45) is 0. The van der Waals surface area contributed by atoms with Gasteiger partial charge in [-0.25, -0.2) is 0 Å². The number of methoxy groups -OCH3 is 2. The fourth-order valence-electron chi connectivity index (χ4n) is 3.04. The van der Waals surface area contributed by atoms with E-state index in [1.807, 2.05) is 61.2 Å². The van der Waals surface area contributed by atoms with E-state index in [1.54, 1.807) is 21.3 Å². The van der Waals surface area contributed by atoms with Crippen LogP contribution in [0.2, 0.25) is 0 Å². The molecule has 2 aromatic rings. The molecule has 0 saturated heterocycles. The Morgan fingerprint density at radius 3 is 2.00 bits per heavy atom. The molecule has 1 amide bonds. The van der Waals surface area contributed by atoms with Crippen LogP contribution < -0.4 is 20.1 Å². The molecule has 7 nitrogen and oxygen atoms in total. The number of amides is 1. The lowest BCUT2D eigenvalue weighted by Gasteiger charge is -2.18. The summed E-state index contributed by atoms with van der Waals surface area (Å²) >= 11 is 0. The van der Waals surface area contributed by atoms with Crippen LogP contribution in [0, 0.1) is 0 Å². The topological polar surface area (TPSA) is 75.2 Å². The molecule has 0 radical (unpaired) electrons. The molecule has 30 heavy (non-hydrogen) atoms. The monoisotopic (exact) mass is 412 g/mol. The molecule has 0 spiro atoms. The van der Waals surface area contributed by atoms with Crippen LogP contribution in [0.3, 0.4) is 0 Å². The van der Waals surface area contributed by atoms with Gasteiger partial charge in [0.15, 0.2) is 17.5 Å². The lowest BCUT2D eigenvalue weighted by Crippen LogP contribution is -2.36. The number of carbonyl (C=O) groups excluding carboxylic acids is 1. The second-order valence-electron chi connectivity index (χ2n) is 6.64.